The fourth-order valence-corrected chi connectivity index (χ4v) is 3.68. The van der Waals surface area contributed by atoms with Crippen molar-refractivity contribution >= 4 is 11.9 Å². The Balaban J connectivity index is 2.71. The zero-order valence-corrected chi connectivity index (χ0v) is 13.7. The van der Waals surface area contributed by atoms with Crippen LogP contribution in [0.1, 0.15) is 78.6 Å². The van der Waals surface area contributed by atoms with Crippen molar-refractivity contribution in [3.63, 3.8) is 0 Å². The van der Waals surface area contributed by atoms with Crippen LogP contribution in [0.15, 0.2) is 0 Å². The first-order chi connectivity index (χ1) is 9.95. The van der Waals surface area contributed by atoms with Gasteiger partial charge in [0.05, 0.1) is 12.8 Å². The van der Waals surface area contributed by atoms with Gasteiger partial charge < -0.3 is 9.84 Å². The predicted octanol–water partition coefficient (Wildman–Crippen LogP) is 4.17. The van der Waals surface area contributed by atoms with Gasteiger partial charge in [-0.05, 0) is 24.7 Å². The van der Waals surface area contributed by atoms with Gasteiger partial charge in [0.25, 0.3) is 0 Å². The van der Waals surface area contributed by atoms with Gasteiger partial charge in [0.15, 0.2) is 0 Å². The van der Waals surface area contributed by atoms with Crippen molar-refractivity contribution in [2.75, 3.05) is 0 Å². The molecule has 0 aliphatic heterocycles. The highest BCUT2D eigenvalue weighted by molar-refractivity contribution is 5.76. The third kappa shape index (κ3) is 5.01. The molecule has 1 fully saturated rings. The number of carbonyl (C=O) groups is 2. The maximum Gasteiger partial charge on any atom is 0.306 e. The molecule has 0 amide bonds. The number of ether oxygens (including phenoxy) is 1. The van der Waals surface area contributed by atoms with Crippen molar-refractivity contribution in [2.24, 2.45) is 11.8 Å². The van der Waals surface area contributed by atoms with Crippen molar-refractivity contribution in [1.82, 2.24) is 0 Å². The van der Waals surface area contributed by atoms with Crippen LogP contribution in [-0.2, 0) is 14.3 Å². The van der Waals surface area contributed by atoms with E-state index in [9.17, 15) is 9.59 Å². The lowest BCUT2D eigenvalue weighted by atomic mass is 9.70. The molecule has 0 spiro atoms. The number of rotatable bonds is 8. The van der Waals surface area contributed by atoms with Crippen molar-refractivity contribution in [3.05, 3.63) is 0 Å². The Kier molecular flexibility index (Phi) is 7.20. The molecule has 1 atom stereocenters. The van der Waals surface area contributed by atoms with Gasteiger partial charge in [0, 0.05) is 0 Å². The predicted molar refractivity (Wildman–Crippen MR) is 82.0 cm³/mol. The second kappa shape index (κ2) is 8.40. The van der Waals surface area contributed by atoms with Gasteiger partial charge in [-0.3, -0.25) is 9.59 Å². The molecule has 1 aliphatic rings. The first kappa shape index (κ1) is 18.0. The van der Waals surface area contributed by atoms with Crippen molar-refractivity contribution < 1.29 is 19.4 Å². The topological polar surface area (TPSA) is 63.6 Å². The minimum Gasteiger partial charge on any atom is -0.481 e. The lowest BCUT2D eigenvalue weighted by Gasteiger charge is -2.42. The van der Waals surface area contributed by atoms with Crippen LogP contribution in [0.5, 0.6) is 0 Å². The van der Waals surface area contributed by atoms with Crippen LogP contribution in [0, 0.1) is 11.8 Å². The van der Waals surface area contributed by atoms with Crippen LogP contribution in [0.3, 0.4) is 0 Å². The Bertz CT molecular complexity index is 341. The summed E-state index contributed by atoms with van der Waals surface area (Å²) in [6.45, 7) is 6.33. The molecule has 4 heteroatoms. The minimum absolute atomic E-state index is 0.0333. The van der Waals surface area contributed by atoms with Crippen LogP contribution in [-0.4, -0.2) is 22.6 Å². The summed E-state index contributed by atoms with van der Waals surface area (Å²) in [5.74, 6) is -0.373. The third-order valence-electron chi connectivity index (χ3n) is 5.24. The highest BCUT2D eigenvalue weighted by Crippen LogP contribution is 2.41. The Labute approximate surface area is 128 Å². The summed E-state index contributed by atoms with van der Waals surface area (Å²) in [5, 5.41) is 8.68. The van der Waals surface area contributed by atoms with Gasteiger partial charge in [-0.15, -0.1) is 0 Å². The second-order valence-corrected chi connectivity index (χ2v) is 6.33. The largest absolute Gasteiger partial charge is 0.481 e. The molecule has 122 valence electrons. The van der Waals surface area contributed by atoms with Gasteiger partial charge in [-0.1, -0.05) is 52.9 Å². The molecule has 1 saturated carbocycles. The fourth-order valence-electron chi connectivity index (χ4n) is 3.68. The summed E-state index contributed by atoms with van der Waals surface area (Å²) in [5.41, 5.74) is -0.433. The number of esters is 1. The number of carboxylic acids is 1. The zero-order chi connectivity index (χ0) is 15.9. The van der Waals surface area contributed by atoms with E-state index in [-0.39, 0.29) is 18.8 Å². The molecule has 21 heavy (non-hydrogen) atoms. The fraction of sp³-hybridized carbons (Fsp3) is 0.882. The summed E-state index contributed by atoms with van der Waals surface area (Å²) in [6.07, 6.45) is 7.68. The SMILES string of the molecule is CCC(CC)(OC(=O)CCC(=O)O)C(C)C1CCCCC1. The van der Waals surface area contributed by atoms with Gasteiger partial charge in [0.2, 0.25) is 0 Å². The molecule has 1 unspecified atom stereocenters. The molecular weight excluding hydrogens is 268 g/mol. The highest BCUT2D eigenvalue weighted by Gasteiger charge is 2.40. The Hall–Kier alpha value is -1.06. The Morgan fingerprint density at radius 1 is 1.14 bits per heavy atom. The summed E-state index contributed by atoms with van der Waals surface area (Å²) in [4.78, 5) is 22.6. The van der Waals surface area contributed by atoms with Crippen LogP contribution < -0.4 is 0 Å². The van der Waals surface area contributed by atoms with E-state index in [4.69, 9.17) is 9.84 Å². The van der Waals surface area contributed by atoms with Crippen molar-refractivity contribution in [1.29, 1.82) is 0 Å². The highest BCUT2D eigenvalue weighted by atomic mass is 16.6. The summed E-state index contributed by atoms with van der Waals surface area (Å²) in [7, 11) is 0. The maximum absolute atomic E-state index is 12.0. The average Bonchev–Trinajstić information content (AvgIpc) is 2.51. The average molecular weight is 298 g/mol. The molecular formula is C17H30O4. The first-order valence-electron chi connectivity index (χ1n) is 8.38. The molecule has 1 aliphatic carbocycles. The number of aliphatic carboxylic acids is 1. The van der Waals surface area contributed by atoms with E-state index < -0.39 is 11.6 Å². The minimum atomic E-state index is -0.953. The van der Waals surface area contributed by atoms with E-state index in [0.29, 0.717) is 11.8 Å². The molecule has 4 nitrogen and oxygen atoms in total. The lowest BCUT2D eigenvalue weighted by molar-refractivity contribution is -0.171. The van der Waals surface area contributed by atoms with Crippen LogP contribution in [0.2, 0.25) is 0 Å². The standard InChI is InChI=1S/C17H30O4/c1-4-17(5-2,21-16(20)12-11-15(18)19)13(3)14-9-7-6-8-10-14/h13-14H,4-12H2,1-3H3,(H,18,19). The van der Waals surface area contributed by atoms with E-state index in [2.05, 4.69) is 20.8 Å². The summed E-state index contributed by atoms with van der Waals surface area (Å²) in [6, 6.07) is 0. The second-order valence-electron chi connectivity index (χ2n) is 6.33. The molecule has 0 saturated heterocycles. The van der Waals surface area contributed by atoms with Gasteiger partial charge in [-0.2, -0.15) is 0 Å². The molecule has 0 radical (unpaired) electrons. The van der Waals surface area contributed by atoms with E-state index in [1.54, 1.807) is 0 Å². The number of hydrogen-bond acceptors (Lipinski definition) is 3. The van der Waals surface area contributed by atoms with Gasteiger partial charge in [0.1, 0.15) is 5.60 Å². The molecule has 0 bridgehead atoms. The molecule has 1 rings (SSSR count). The normalized spacial score (nSPS) is 18.2. The number of hydrogen-bond donors (Lipinski definition) is 1. The van der Waals surface area contributed by atoms with E-state index in [1.807, 2.05) is 0 Å². The molecule has 1 N–H and O–H groups in total. The smallest absolute Gasteiger partial charge is 0.306 e. The monoisotopic (exact) mass is 298 g/mol. The quantitative estimate of drug-likeness (QED) is 0.683. The lowest BCUT2D eigenvalue weighted by Crippen LogP contribution is -2.44. The third-order valence-corrected chi connectivity index (χ3v) is 5.24. The first-order valence-corrected chi connectivity index (χ1v) is 8.38. The van der Waals surface area contributed by atoms with E-state index >= 15 is 0 Å². The van der Waals surface area contributed by atoms with Crippen molar-refractivity contribution in [2.45, 2.75) is 84.2 Å². The van der Waals surface area contributed by atoms with E-state index in [1.165, 1.54) is 32.1 Å². The van der Waals surface area contributed by atoms with Crippen molar-refractivity contribution in [3.8, 4) is 0 Å². The van der Waals surface area contributed by atoms with E-state index in [0.717, 1.165) is 12.8 Å². The molecule has 0 aromatic heterocycles. The summed E-state index contributed by atoms with van der Waals surface area (Å²) >= 11 is 0. The van der Waals surface area contributed by atoms with Crippen LogP contribution in [0.4, 0.5) is 0 Å². The molecule has 0 aromatic carbocycles. The summed E-state index contributed by atoms with van der Waals surface area (Å²) < 4.78 is 5.80. The molecule has 0 heterocycles. The Morgan fingerprint density at radius 3 is 2.19 bits per heavy atom. The van der Waals surface area contributed by atoms with Crippen LogP contribution >= 0.6 is 0 Å². The Morgan fingerprint density at radius 2 is 1.71 bits per heavy atom. The van der Waals surface area contributed by atoms with Gasteiger partial charge >= 0.3 is 11.9 Å². The number of carbonyl (C=O) groups excluding carboxylic acids is 1. The molecule has 0 aromatic rings. The number of carboxylic acid groups (broad SMARTS) is 1. The van der Waals surface area contributed by atoms with Crippen LogP contribution in [0.25, 0.3) is 0 Å². The zero-order valence-electron chi connectivity index (χ0n) is 13.7. The van der Waals surface area contributed by atoms with Gasteiger partial charge in [-0.25, -0.2) is 0 Å². The maximum atomic E-state index is 12.0.